The Labute approximate surface area is 128 Å². The molecule has 1 atom stereocenters. The zero-order valence-electron chi connectivity index (χ0n) is 12.9. The molecule has 3 heterocycles. The van der Waals surface area contributed by atoms with Crippen molar-refractivity contribution in [3.05, 3.63) is 46.1 Å². The van der Waals surface area contributed by atoms with Crippen LogP contribution < -0.4 is 5.32 Å². The average Bonchev–Trinajstić information content (AvgIpc) is 3.05. The van der Waals surface area contributed by atoms with Gasteiger partial charge in [0, 0.05) is 35.8 Å². The van der Waals surface area contributed by atoms with Gasteiger partial charge >= 0.3 is 0 Å². The third kappa shape index (κ3) is 2.63. The van der Waals surface area contributed by atoms with E-state index in [1.807, 2.05) is 13.8 Å². The van der Waals surface area contributed by atoms with Gasteiger partial charge in [-0.1, -0.05) is 6.92 Å². The molecule has 0 saturated carbocycles. The summed E-state index contributed by atoms with van der Waals surface area (Å²) in [4.78, 5) is 5.75. The van der Waals surface area contributed by atoms with Crippen LogP contribution in [0.1, 0.15) is 41.3 Å². The van der Waals surface area contributed by atoms with Gasteiger partial charge in [-0.2, -0.15) is 0 Å². The Bertz CT molecular complexity index is 724. The molecular weight excluding hydrogens is 282 g/mol. The van der Waals surface area contributed by atoms with Crippen LogP contribution in [0.5, 0.6) is 0 Å². The second kappa shape index (κ2) is 5.66. The van der Waals surface area contributed by atoms with E-state index in [0.29, 0.717) is 0 Å². The minimum Gasteiger partial charge on any atom is -0.466 e. The van der Waals surface area contributed by atoms with E-state index in [1.54, 1.807) is 11.3 Å². The first-order valence-electron chi connectivity index (χ1n) is 7.31. The fraction of sp³-hybridized carbons (Fsp3) is 0.438. The van der Waals surface area contributed by atoms with E-state index in [-0.39, 0.29) is 6.04 Å². The molecule has 0 aliphatic rings. The minimum absolute atomic E-state index is 0.247. The monoisotopic (exact) mass is 303 g/mol. The molecular formula is C16H21N3OS. The first-order valence-corrected chi connectivity index (χ1v) is 8.19. The van der Waals surface area contributed by atoms with Gasteiger partial charge in [0.2, 0.25) is 0 Å². The number of rotatable bonds is 5. The summed E-state index contributed by atoms with van der Waals surface area (Å²) in [6, 6.07) is 0.247. The Kier molecular flexibility index (Phi) is 3.87. The van der Waals surface area contributed by atoms with Crippen LogP contribution in [0, 0.1) is 20.8 Å². The van der Waals surface area contributed by atoms with Crippen molar-refractivity contribution in [1.82, 2.24) is 14.7 Å². The molecule has 4 nitrogen and oxygen atoms in total. The van der Waals surface area contributed by atoms with Crippen molar-refractivity contribution in [2.24, 2.45) is 0 Å². The summed E-state index contributed by atoms with van der Waals surface area (Å²) >= 11 is 1.67. The largest absolute Gasteiger partial charge is 0.466 e. The number of aromatic nitrogens is 2. The second-order valence-electron chi connectivity index (χ2n) is 5.39. The van der Waals surface area contributed by atoms with Crippen molar-refractivity contribution in [1.29, 1.82) is 0 Å². The smallest absolute Gasteiger partial charge is 0.193 e. The van der Waals surface area contributed by atoms with Crippen LogP contribution in [0.25, 0.3) is 4.96 Å². The molecule has 112 valence electrons. The van der Waals surface area contributed by atoms with E-state index >= 15 is 0 Å². The lowest BCUT2D eigenvalue weighted by molar-refractivity contribution is 0.483. The van der Waals surface area contributed by atoms with Crippen LogP contribution in [0.15, 0.2) is 22.2 Å². The van der Waals surface area contributed by atoms with Gasteiger partial charge in [-0.3, -0.25) is 4.40 Å². The molecule has 3 aromatic rings. The molecule has 21 heavy (non-hydrogen) atoms. The molecule has 0 saturated heterocycles. The van der Waals surface area contributed by atoms with Crippen LogP contribution in [0.2, 0.25) is 0 Å². The maximum atomic E-state index is 5.79. The van der Waals surface area contributed by atoms with Crippen LogP contribution in [-0.4, -0.2) is 15.9 Å². The fourth-order valence-electron chi connectivity index (χ4n) is 2.93. The number of likely N-dealkylation sites (N-methyl/N-ethyl adjacent to an activating group) is 1. The Balaban J connectivity index is 1.92. The lowest BCUT2D eigenvalue weighted by Gasteiger charge is -2.17. The molecule has 0 aliphatic carbocycles. The third-order valence-corrected chi connectivity index (χ3v) is 4.74. The van der Waals surface area contributed by atoms with Gasteiger partial charge in [0.15, 0.2) is 4.96 Å². The Morgan fingerprint density at radius 2 is 2.14 bits per heavy atom. The summed E-state index contributed by atoms with van der Waals surface area (Å²) in [5, 5.41) is 5.63. The number of fused-ring (bicyclic) bond motifs is 1. The number of hydrogen-bond acceptors (Lipinski definition) is 4. The quantitative estimate of drug-likeness (QED) is 0.779. The maximum Gasteiger partial charge on any atom is 0.193 e. The summed E-state index contributed by atoms with van der Waals surface area (Å²) in [6.07, 6.45) is 5.05. The minimum atomic E-state index is 0.247. The van der Waals surface area contributed by atoms with Crippen molar-refractivity contribution in [3.63, 3.8) is 0 Å². The van der Waals surface area contributed by atoms with E-state index in [4.69, 9.17) is 9.40 Å². The summed E-state index contributed by atoms with van der Waals surface area (Å²) < 4.78 is 7.88. The number of thiazole rings is 1. The molecule has 0 radical (unpaired) electrons. The van der Waals surface area contributed by atoms with E-state index in [9.17, 15) is 0 Å². The summed E-state index contributed by atoms with van der Waals surface area (Å²) in [5.41, 5.74) is 3.65. The van der Waals surface area contributed by atoms with Gasteiger partial charge in [0.05, 0.1) is 5.69 Å². The van der Waals surface area contributed by atoms with Gasteiger partial charge in [0.1, 0.15) is 11.5 Å². The highest BCUT2D eigenvalue weighted by Crippen LogP contribution is 2.29. The molecule has 1 N–H and O–H groups in total. The molecule has 0 spiro atoms. The first-order chi connectivity index (χ1) is 10.1. The molecule has 0 fully saturated rings. The number of aryl methyl sites for hydroxylation is 2. The van der Waals surface area contributed by atoms with Gasteiger partial charge in [-0.25, -0.2) is 4.98 Å². The fourth-order valence-corrected chi connectivity index (χ4v) is 3.65. The van der Waals surface area contributed by atoms with E-state index in [2.05, 4.69) is 41.3 Å². The van der Waals surface area contributed by atoms with Crippen LogP contribution in [-0.2, 0) is 6.42 Å². The van der Waals surface area contributed by atoms with Gasteiger partial charge in [-0.05, 0) is 32.9 Å². The van der Waals surface area contributed by atoms with Crippen molar-refractivity contribution in [2.75, 3.05) is 6.54 Å². The molecule has 1 unspecified atom stereocenters. The SMILES string of the molecule is CCNC(Cc1cn2ccsc2n1)c1c(C)oc(C)c1C. The standard InChI is InChI=1S/C16H21N3OS/c1-5-17-14(15-10(2)11(3)20-12(15)4)8-13-9-19-6-7-21-16(19)18-13/h6-7,9,14,17H,5,8H2,1-4H3. The molecule has 3 aromatic heterocycles. The van der Waals surface area contributed by atoms with Crippen LogP contribution in [0.4, 0.5) is 0 Å². The normalized spacial score (nSPS) is 13.1. The number of hydrogen-bond donors (Lipinski definition) is 1. The number of imidazole rings is 1. The van der Waals surface area contributed by atoms with Gasteiger partial charge in [-0.15, -0.1) is 11.3 Å². The zero-order chi connectivity index (χ0) is 15.0. The molecule has 0 aliphatic heterocycles. The summed E-state index contributed by atoms with van der Waals surface area (Å²) in [7, 11) is 0. The molecule has 0 aromatic carbocycles. The highest BCUT2D eigenvalue weighted by Gasteiger charge is 2.21. The highest BCUT2D eigenvalue weighted by molar-refractivity contribution is 7.15. The number of nitrogens with one attached hydrogen (secondary N) is 1. The van der Waals surface area contributed by atoms with E-state index in [0.717, 1.165) is 35.1 Å². The average molecular weight is 303 g/mol. The van der Waals surface area contributed by atoms with E-state index in [1.165, 1.54) is 11.1 Å². The number of nitrogens with zero attached hydrogens (tertiary/aromatic N) is 2. The number of furan rings is 1. The van der Waals surface area contributed by atoms with Crippen molar-refractivity contribution in [2.45, 2.75) is 40.2 Å². The highest BCUT2D eigenvalue weighted by atomic mass is 32.1. The second-order valence-corrected chi connectivity index (χ2v) is 6.27. The topological polar surface area (TPSA) is 42.5 Å². The summed E-state index contributed by atoms with van der Waals surface area (Å²) in [6.45, 7) is 9.27. The van der Waals surface area contributed by atoms with Crippen LogP contribution >= 0.6 is 11.3 Å². The zero-order valence-corrected chi connectivity index (χ0v) is 13.8. The van der Waals surface area contributed by atoms with Crippen molar-refractivity contribution in [3.8, 4) is 0 Å². The third-order valence-electron chi connectivity index (χ3n) is 3.97. The Morgan fingerprint density at radius 3 is 2.76 bits per heavy atom. The molecule has 0 bridgehead atoms. The Hall–Kier alpha value is -1.59. The lowest BCUT2D eigenvalue weighted by atomic mass is 9.98. The van der Waals surface area contributed by atoms with Crippen molar-refractivity contribution >= 4 is 16.3 Å². The molecule has 0 amide bonds. The van der Waals surface area contributed by atoms with Gasteiger partial charge < -0.3 is 9.73 Å². The summed E-state index contributed by atoms with van der Waals surface area (Å²) in [5.74, 6) is 2.02. The van der Waals surface area contributed by atoms with Crippen LogP contribution in [0.3, 0.4) is 0 Å². The van der Waals surface area contributed by atoms with E-state index < -0.39 is 0 Å². The molecule has 3 rings (SSSR count). The lowest BCUT2D eigenvalue weighted by Crippen LogP contribution is -2.24. The maximum absolute atomic E-state index is 5.79. The molecule has 5 heteroatoms. The first kappa shape index (κ1) is 14.4. The predicted octanol–water partition coefficient (Wildman–Crippen LogP) is 3.81. The predicted molar refractivity (Wildman–Crippen MR) is 86.1 cm³/mol. The van der Waals surface area contributed by atoms with Gasteiger partial charge in [0.25, 0.3) is 0 Å². The Morgan fingerprint density at radius 1 is 1.33 bits per heavy atom. The van der Waals surface area contributed by atoms with Crippen molar-refractivity contribution < 1.29 is 4.42 Å².